The minimum Gasteiger partial charge on any atom is -0.486 e. The maximum atomic E-state index is 6.06. The van der Waals surface area contributed by atoms with Crippen LogP contribution in [0.5, 0.6) is 5.75 Å². The molecule has 0 heterocycles. The lowest BCUT2D eigenvalue weighted by Gasteiger charge is -2.41. The van der Waals surface area contributed by atoms with Crippen molar-refractivity contribution in [3.05, 3.63) is 27.7 Å². The van der Waals surface area contributed by atoms with E-state index in [0.29, 0.717) is 17.4 Å². The van der Waals surface area contributed by atoms with Gasteiger partial charge in [-0.05, 0) is 25.1 Å². The first-order valence-corrected chi connectivity index (χ1v) is 6.77. The van der Waals surface area contributed by atoms with Crippen molar-refractivity contribution in [2.24, 2.45) is 5.73 Å². The topological polar surface area (TPSA) is 44.5 Å². The standard InChI is InChI=1S/C12H15BrClNO2/c1-2-16-12-9(15)6-11(12)17-10-5-7(13)3-4-8(10)14/h3-5,9,11-12H,2,6,15H2,1H3. The maximum absolute atomic E-state index is 6.06. The summed E-state index contributed by atoms with van der Waals surface area (Å²) in [6.45, 7) is 2.60. The van der Waals surface area contributed by atoms with Gasteiger partial charge in [-0.15, -0.1) is 0 Å². The van der Waals surface area contributed by atoms with Crippen LogP contribution in [-0.2, 0) is 4.74 Å². The van der Waals surface area contributed by atoms with Gasteiger partial charge in [0, 0.05) is 23.5 Å². The molecule has 0 spiro atoms. The maximum Gasteiger partial charge on any atom is 0.139 e. The van der Waals surface area contributed by atoms with Gasteiger partial charge in [-0.3, -0.25) is 0 Å². The quantitative estimate of drug-likeness (QED) is 0.927. The van der Waals surface area contributed by atoms with Crippen molar-refractivity contribution < 1.29 is 9.47 Å². The van der Waals surface area contributed by atoms with Gasteiger partial charge in [0.15, 0.2) is 0 Å². The Balaban J connectivity index is 2.03. The first-order chi connectivity index (χ1) is 8.11. The number of ether oxygens (including phenoxy) is 2. The fourth-order valence-corrected chi connectivity index (χ4v) is 2.39. The summed E-state index contributed by atoms with van der Waals surface area (Å²) in [6, 6.07) is 5.59. The van der Waals surface area contributed by atoms with Crippen LogP contribution in [0.25, 0.3) is 0 Å². The molecule has 1 fully saturated rings. The fourth-order valence-electron chi connectivity index (χ4n) is 1.89. The highest BCUT2D eigenvalue weighted by molar-refractivity contribution is 9.10. The number of nitrogens with two attached hydrogens (primary N) is 1. The molecule has 0 radical (unpaired) electrons. The molecule has 1 aromatic rings. The lowest BCUT2D eigenvalue weighted by atomic mass is 9.86. The predicted molar refractivity (Wildman–Crippen MR) is 71.6 cm³/mol. The summed E-state index contributed by atoms with van der Waals surface area (Å²) >= 11 is 9.45. The Morgan fingerprint density at radius 2 is 2.29 bits per heavy atom. The lowest BCUT2D eigenvalue weighted by molar-refractivity contribution is -0.0945. The lowest BCUT2D eigenvalue weighted by Crippen LogP contribution is -2.59. The van der Waals surface area contributed by atoms with E-state index in [2.05, 4.69) is 15.9 Å². The Labute approximate surface area is 114 Å². The van der Waals surface area contributed by atoms with Gasteiger partial charge in [-0.1, -0.05) is 27.5 Å². The summed E-state index contributed by atoms with van der Waals surface area (Å²) in [5, 5.41) is 0.601. The second-order valence-electron chi connectivity index (χ2n) is 4.05. The van der Waals surface area contributed by atoms with Crippen molar-refractivity contribution in [2.45, 2.75) is 31.6 Å². The SMILES string of the molecule is CCOC1C(N)CC1Oc1cc(Br)ccc1Cl. The van der Waals surface area contributed by atoms with Crippen LogP contribution in [0.3, 0.4) is 0 Å². The summed E-state index contributed by atoms with van der Waals surface area (Å²) in [5.74, 6) is 0.669. The molecular weight excluding hydrogens is 305 g/mol. The van der Waals surface area contributed by atoms with Crippen molar-refractivity contribution in [1.29, 1.82) is 0 Å². The molecule has 3 unspecified atom stereocenters. The molecule has 3 nitrogen and oxygen atoms in total. The van der Waals surface area contributed by atoms with Crippen LogP contribution >= 0.6 is 27.5 Å². The summed E-state index contributed by atoms with van der Waals surface area (Å²) in [4.78, 5) is 0. The number of benzene rings is 1. The average molecular weight is 321 g/mol. The minimum absolute atomic E-state index is 0.00301. The van der Waals surface area contributed by atoms with E-state index in [-0.39, 0.29) is 18.2 Å². The van der Waals surface area contributed by atoms with E-state index in [0.717, 1.165) is 10.9 Å². The average Bonchev–Trinajstić information content (AvgIpc) is 2.30. The van der Waals surface area contributed by atoms with Crippen LogP contribution in [-0.4, -0.2) is 24.9 Å². The fraction of sp³-hybridized carbons (Fsp3) is 0.500. The molecule has 2 rings (SSSR count). The highest BCUT2D eigenvalue weighted by Crippen LogP contribution is 2.33. The Hall–Kier alpha value is -0.290. The van der Waals surface area contributed by atoms with Crippen LogP contribution in [0.1, 0.15) is 13.3 Å². The third kappa shape index (κ3) is 2.94. The molecule has 0 aliphatic heterocycles. The van der Waals surface area contributed by atoms with Crippen molar-refractivity contribution in [1.82, 2.24) is 0 Å². The van der Waals surface area contributed by atoms with Crippen LogP contribution in [0.15, 0.2) is 22.7 Å². The van der Waals surface area contributed by atoms with Crippen LogP contribution in [0, 0.1) is 0 Å². The Morgan fingerprint density at radius 3 is 2.94 bits per heavy atom. The van der Waals surface area contributed by atoms with Crippen molar-refractivity contribution >= 4 is 27.5 Å². The molecule has 5 heteroatoms. The first-order valence-electron chi connectivity index (χ1n) is 5.60. The van der Waals surface area contributed by atoms with E-state index in [4.69, 9.17) is 26.8 Å². The number of rotatable bonds is 4. The highest BCUT2D eigenvalue weighted by Gasteiger charge is 2.41. The predicted octanol–water partition coefficient (Wildman–Crippen LogP) is 2.99. The molecule has 94 valence electrons. The van der Waals surface area contributed by atoms with Gasteiger partial charge in [0.1, 0.15) is 18.0 Å². The molecule has 1 saturated carbocycles. The van der Waals surface area contributed by atoms with E-state index >= 15 is 0 Å². The van der Waals surface area contributed by atoms with Crippen molar-refractivity contribution in [3.63, 3.8) is 0 Å². The normalized spacial score (nSPS) is 27.6. The number of halogens is 2. The highest BCUT2D eigenvalue weighted by atomic mass is 79.9. The van der Waals surface area contributed by atoms with Crippen LogP contribution in [0.2, 0.25) is 5.02 Å². The van der Waals surface area contributed by atoms with Gasteiger partial charge in [0.2, 0.25) is 0 Å². The van der Waals surface area contributed by atoms with Gasteiger partial charge >= 0.3 is 0 Å². The third-order valence-corrected chi connectivity index (χ3v) is 3.63. The van der Waals surface area contributed by atoms with Gasteiger partial charge in [0.05, 0.1) is 5.02 Å². The smallest absolute Gasteiger partial charge is 0.139 e. The van der Waals surface area contributed by atoms with Gasteiger partial charge in [-0.2, -0.15) is 0 Å². The molecule has 1 aromatic carbocycles. The van der Waals surface area contributed by atoms with E-state index in [1.807, 2.05) is 19.1 Å². The molecule has 0 saturated heterocycles. The zero-order valence-electron chi connectivity index (χ0n) is 9.53. The van der Waals surface area contributed by atoms with E-state index in [1.54, 1.807) is 6.07 Å². The van der Waals surface area contributed by atoms with E-state index < -0.39 is 0 Å². The monoisotopic (exact) mass is 319 g/mol. The molecule has 0 bridgehead atoms. The molecule has 0 amide bonds. The zero-order valence-corrected chi connectivity index (χ0v) is 11.9. The largest absolute Gasteiger partial charge is 0.486 e. The van der Waals surface area contributed by atoms with Crippen LogP contribution in [0.4, 0.5) is 0 Å². The molecular formula is C12H15BrClNO2. The second kappa shape index (κ2) is 5.57. The molecule has 2 N–H and O–H groups in total. The van der Waals surface area contributed by atoms with Crippen LogP contribution < -0.4 is 10.5 Å². The number of hydrogen-bond acceptors (Lipinski definition) is 3. The summed E-state index contributed by atoms with van der Waals surface area (Å²) in [6.07, 6.45) is 0.764. The first kappa shape index (κ1) is 13.1. The molecule has 1 aliphatic carbocycles. The third-order valence-electron chi connectivity index (χ3n) is 2.82. The van der Waals surface area contributed by atoms with Gasteiger partial charge in [-0.25, -0.2) is 0 Å². The van der Waals surface area contributed by atoms with E-state index in [1.165, 1.54) is 0 Å². The molecule has 1 aliphatic rings. The van der Waals surface area contributed by atoms with Gasteiger partial charge in [0.25, 0.3) is 0 Å². The summed E-state index contributed by atoms with van der Waals surface area (Å²) in [5.41, 5.74) is 5.87. The summed E-state index contributed by atoms with van der Waals surface area (Å²) < 4.78 is 12.3. The van der Waals surface area contributed by atoms with Crippen molar-refractivity contribution in [3.8, 4) is 5.75 Å². The Bertz CT molecular complexity index is 402. The van der Waals surface area contributed by atoms with Crippen molar-refractivity contribution in [2.75, 3.05) is 6.61 Å². The van der Waals surface area contributed by atoms with Gasteiger partial charge < -0.3 is 15.2 Å². The second-order valence-corrected chi connectivity index (χ2v) is 5.37. The Morgan fingerprint density at radius 1 is 1.53 bits per heavy atom. The molecule has 0 aromatic heterocycles. The molecule has 3 atom stereocenters. The Kier molecular flexibility index (Phi) is 4.31. The summed E-state index contributed by atoms with van der Waals surface area (Å²) in [7, 11) is 0. The zero-order chi connectivity index (χ0) is 12.4. The van der Waals surface area contributed by atoms with E-state index in [9.17, 15) is 0 Å². The molecule has 17 heavy (non-hydrogen) atoms. The number of hydrogen-bond donors (Lipinski definition) is 1. The minimum atomic E-state index is -0.0324.